The van der Waals surface area contributed by atoms with Crippen molar-refractivity contribution in [3.63, 3.8) is 0 Å². The largest absolute Gasteiger partial charge is 0.465 e. The van der Waals surface area contributed by atoms with E-state index in [4.69, 9.17) is 18.9 Å². The first kappa shape index (κ1) is 18.9. The van der Waals surface area contributed by atoms with Crippen LogP contribution in [-0.4, -0.2) is 71.5 Å². The van der Waals surface area contributed by atoms with Gasteiger partial charge in [-0.15, -0.1) is 0 Å². The van der Waals surface area contributed by atoms with E-state index in [1.54, 1.807) is 0 Å². The Morgan fingerprint density at radius 2 is 1.96 bits per heavy atom. The third-order valence-electron chi connectivity index (χ3n) is 7.18. The molecule has 0 radical (unpaired) electrons. The number of ether oxygens (including phenoxy) is 4. The van der Waals surface area contributed by atoms with Gasteiger partial charge in [0.1, 0.15) is 30.5 Å². The molecule has 2 bridgehead atoms. The summed E-state index contributed by atoms with van der Waals surface area (Å²) in [7, 11) is 0. The van der Waals surface area contributed by atoms with Gasteiger partial charge in [-0.05, 0) is 18.9 Å². The van der Waals surface area contributed by atoms with E-state index < -0.39 is 58.9 Å². The lowest BCUT2D eigenvalue weighted by molar-refractivity contribution is -0.239. The summed E-state index contributed by atoms with van der Waals surface area (Å²) in [6.45, 7) is 6.61. The zero-order chi connectivity index (χ0) is 19.8. The van der Waals surface area contributed by atoms with Gasteiger partial charge in [-0.25, -0.2) is 0 Å². The molecule has 2 aliphatic carbocycles. The van der Waals surface area contributed by atoms with Crippen molar-refractivity contribution in [2.75, 3.05) is 13.2 Å². The van der Waals surface area contributed by atoms with Crippen molar-refractivity contribution in [2.45, 2.75) is 70.2 Å². The van der Waals surface area contributed by atoms with E-state index in [0.29, 0.717) is 6.61 Å². The van der Waals surface area contributed by atoms with Gasteiger partial charge in [0.05, 0.1) is 24.2 Å². The van der Waals surface area contributed by atoms with E-state index in [1.807, 2.05) is 19.9 Å². The zero-order valence-electron chi connectivity index (χ0n) is 15.9. The third-order valence-corrected chi connectivity index (χ3v) is 7.18. The van der Waals surface area contributed by atoms with Crippen molar-refractivity contribution >= 4 is 11.9 Å². The van der Waals surface area contributed by atoms with Gasteiger partial charge in [-0.1, -0.05) is 13.0 Å². The van der Waals surface area contributed by atoms with Crippen LogP contribution in [0, 0.1) is 10.8 Å². The second-order valence-electron chi connectivity index (χ2n) is 8.45. The highest BCUT2D eigenvalue weighted by Gasteiger charge is 2.86. The number of rotatable bonds is 3. The molecule has 0 aromatic rings. The van der Waals surface area contributed by atoms with Gasteiger partial charge in [-0.3, -0.25) is 9.59 Å². The molecule has 0 aromatic carbocycles. The molecule has 8 atom stereocenters. The van der Waals surface area contributed by atoms with Crippen molar-refractivity contribution in [1.29, 1.82) is 0 Å². The fraction of sp³-hybridized carbons (Fsp3) is 0.789. The molecule has 4 rings (SSSR count). The molecule has 8 heteroatoms. The van der Waals surface area contributed by atoms with Crippen LogP contribution in [0.15, 0.2) is 11.6 Å². The topological polar surface area (TPSA) is 115 Å². The predicted molar refractivity (Wildman–Crippen MR) is 90.5 cm³/mol. The number of epoxide rings is 1. The average Bonchev–Trinajstić information content (AvgIpc) is 3.36. The fourth-order valence-corrected chi connectivity index (χ4v) is 5.60. The van der Waals surface area contributed by atoms with Crippen LogP contribution >= 0.6 is 0 Å². The maximum Gasteiger partial charge on any atom is 0.303 e. The molecular weight excluding hydrogens is 356 g/mol. The summed E-state index contributed by atoms with van der Waals surface area (Å²) in [5.41, 5.74) is -1.91. The van der Waals surface area contributed by atoms with Crippen LogP contribution in [0.25, 0.3) is 0 Å². The van der Waals surface area contributed by atoms with E-state index in [2.05, 4.69) is 0 Å². The first-order valence-electron chi connectivity index (χ1n) is 9.23. The van der Waals surface area contributed by atoms with Crippen molar-refractivity contribution < 1.29 is 38.7 Å². The van der Waals surface area contributed by atoms with Gasteiger partial charge in [0.2, 0.25) is 0 Å². The molecule has 1 saturated carbocycles. The van der Waals surface area contributed by atoms with Gasteiger partial charge in [0.25, 0.3) is 0 Å². The molecule has 1 spiro atoms. The minimum absolute atomic E-state index is 0.0351. The Labute approximate surface area is 157 Å². The Kier molecular flexibility index (Phi) is 4.03. The van der Waals surface area contributed by atoms with Crippen LogP contribution in [0.4, 0.5) is 0 Å². The lowest BCUT2D eigenvalue weighted by Crippen LogP contribution is -2.67. The smallest absolute Gasteiger partial charge is 0.303 e. The van der Waals surface area contributed by atoms with Gasteiger partial charge >= 0.3 is 11.9 Å². The molecule has 27 heavy (non-hydrogen) atoms. The monoisotopic (exact) mass is 382 g/mol. The standard InChI is InChI=1S/C19H26O8/c1-9-5-13-18(6-12(9)22,7-24-10(2)20)17(4)15(26-11(3)21)14(23)16(27-13)19(17)8-25-19/h5,12-16,22-23H,6-8H2,1-4H3/t12-,13+,14-,15+,16-,17-,18-,19-/m0/s1. The molecule has 8 nitrogen and oxygen atoms in total. The van der Waals surface area contributed by atoms with Crippen molar-refractivity contribution in [3.8, 4) is 0 Å². The molecule has 3 fully saturated rings. The quantitative estimate of drug-likeness (QED) is 0.401. The molecule has 0 unspecified atom stereocenters. The Balaban J connectivity index is 1.88. The number of fused-ring (bicyclic) bond motifs is 2. The molecule has 2 N–H and O–H groups in total. The van der Waals surface area contributed by atoms with Gasteiger partial charge in [0.15, 0.2) is 0 Å². The van der Waals surface area contributed by atoms with E-state index >= 15 is 0 Å². The number of carbonyl (C=O) groups excluding carboxylic acids is 2. The second kappa shape index (κ2) is 5.76. The van der Waals surface area contributed by atoms with Crippen LogP contribution in [0.3, 0.4) is 0 Å². The summed E-state index contributed by atoms with van der Waals surface area (Å²) in [4.78, 5) is 23.4. The Morgan fingerprint density at radius 1 is 1.30 bits per heavy atom. The summed E-state index contributed by atoms with van der Waals surface area (Å²) in [5, 5.41) is 21.6. The maximum absolute atomic E-state index is 11.8. The molecule has 0 amide bonds. The van der Waals surface area contributed by atoms with Crippen LogP contribution in [-0.2, 0) is 28.5 Å². The van der Waals surface area contributed by atoms with E-state index in [0.717, 1.165) is 5.57 Å². The third kappa shape index (κ3) is 2.24. The van der Waals surface area contributed by atoms with Crippen LogP contribution in [0.2, 0.25) is 0 Å². The molecule has 0 aromatic heterocycles. The first-order chi connectivity index (χ1) is 12.6. The summed E-state index contributed by atoms with van der Waals surface area (Å²) in [6, 6.07) is 0. The van der Waals surface area contributed by atoms with Crippen molar-refractivity contribution in [2.24, 2.45) is 10.8 Å². The number of aliphatic hydroxyl groups is 2. The Bertz CT molecular complexity index is 712. The summed E-state index contributed by atoms with van der Waals surface area (Å²) >= 11 is 0. The van der Waals surface area contributed by atoms with E-state index in [1.165, 1.54) is 13.8 Å². The normalized spacial score (nSPS) is 50.0. The zero-order valence-corrected chi connectivity index (χ0v) is 15.9. The number of carbonyl (C=O) groups is 2. The van der Waals surface area contributed by atoms with Crippen molar-refractivity contribution in [3.05, 3.63) is 11.6 Å². The van der Waals surface area contributed by atoms with Crippen LogP contribution in [0.1, 0.15) is 34.1 Å². The van der Waals surface area contributed by atoms with Gasteiger partial charge in [-0.2, -0.15) is 0 Å². The maximum atomic E-state index is 11.8. The highest BCUT2D eigenvalue weighted by molar-refractivity contribution is 5.67. The highest BCUT2D eigenvalue weighted by Crippen LogP contribution is 2.72. The molecule has 2 aliphatic heterocycles. The summed E-state index contributed by atoms with van der Waals surface area (Å²) in [6.07, 6.45) is -1.86. The summed E-state index contributed by atoms with van der Waals surface area (Å²) < 4.78 is 23.1. The number of hydrogen-bond acceptors (Lipinski definition) is 8. The number of aliphatic hydroxyl groups excluding tert-OH is 2. The van der Waals surface area contributed by atoms with Crippen LogP contribution in [0.5, 0.6) is 0 Å². The highest BCUT2D eigenvalue weighted by atomic mass is 16.7. The average molecular weight is 382 g/mol. The number of hydrogen-bond donors (Lipinski definition) is 2. The minimum atomic E-state index is -1.08. The minimum Gasteiger partial charge on any atom is -0.465 e. The lowest BCUT2D eigenvalue weighted by Gasteiger charge is -2.58. The first-order valence-corrected chi connectivity index (χ1v) is 9.23. The Morgan fingerprint density at radius 3 is 2.52 bits per heavy atom. The number of esters is 2. The van der Waals surface area contributed by atoms with E-state index in [-0.39, 0.29) is 13.0 Å². The van der Waals surface area contributed by atoms with Crippen LogP contribution < -0.4 is 0 Å². The lowest BCUT2D eigenvalue weighted by atomic mass is 9.51. The predicted octanol–water partition coefficient (Wildman–Crippen LogP) is 0.0957. The SMILES string of the molecule is CC(=O)OC[C@@]12C[C@H](O)C(C)=C[C@H]1O[C@H]1[C@@H](O)[C@@H](OC(C)=O)[C@]2(C)[C@]12CO2. The molecule has 2 heterocycles. The van der Waals surface area contributed by atoms with E-state index in [9.17, 15) is 19.8 Å². The molecule has 2 saturated heterocycles. The fourth-order valence-electron chi connectivity index (χ4n) is 5.60. The van der Waals surface area contributed by atoms with Gasteiger partial charge < -0.3 is 29.2 Å². The molecule has 4 aliphatic rings. The second-order valence-corrected chi connectivity index (χ2v) is 8.45. The molecule has 150 valence electrons. The summed E-state index contributed by atoms with van der Waals surface area (Å²) in [5.74, 6) is -0.978. The van der Waals surface area contributed by atoms with Crippen molar-refractivity contribution in [1.82, 2.24) is 0 Å². The van der Waals surface area contributed by atoms with Gasteiger partial charge in [0, 0.05) is 19.3 Å². The molecular formula is C19H26O8. The Hall–Kier alpha value is -1.48.